The van der Waals surface area contributed by atoms with Crippen LogP contribution in [0.2, 0.25) is 0 Å². The van der Waals surface area contributed by atoms with Gasteiger partial charge in [-0.05, 0) is 22.9 Å². The predicted molar refractivity (Wildman–Crippen MR) is 47.1 cm³/mol. The molecule has 1 rings (SSSR count). The Kier molecular flexibility index (Phi) is 3.09. The highest BCUT2D eigenvalue weighted by Gasteiger charge is 2.18. The minimum atomic E-state index is -0.621. The number of halogens is 1. The molecule has 0 aromatic carbocycles. The molecule has 0 aliphatic carbocycles. The first-order chi connectivity index (χ1) is 6.19. The minimum Gasteiger partial charge on any atom is -0.460 e. The molecule has 0 radical (unpaired) electrons. The summed E-state index contributed by atoms with van der Waals surface area (Å²) in [5.41, 5.74) is 0.172. The van der Waals surface area contributed by atoms with Crippen molar-refractivity contribution in [2.24, 2.45) is 0 Å². The molecule has 0 aliphatic heterocycles. The van der Waals surface area contributed by atoms with Gasteiger partial charge in [0.15, 0.2) is 4.67 Å². The highest BCUT2D eigenvalue weighted by molar-refractivity contribution is 9.10. The van der Waals surface area contributed by atoms with Gasteiger partial charge in [-0.2, -0.15) is 5.26 Å². The Morgan fingerprint density at radius 1 is 1.85 bits per heavy atom. The molecule has 0 saturated carbocycles. The maximum atomic E-state index is 11.1. The fraction of sp³-hybridized carbons (Fsp3) is 0.250. The molecule has 0 spiro atoms. The van der Waals surface area contributed by atoms with Gasteiger partial charge in [-0.25, -0.2) is 4.79 Å². The molecule has 68 valence electrons. The SMILES string of the molecule is CCOC(=O)c1oc(Br)cc1C#N. The van der Waals surface area contributed by atoms with E-state index in [0.29, 0.717) is 4.67 Å². The summed E-state index contributed by atoms with van der Waals surface area (Å²) >= 11 is 3.02. The summed E-state index contributed by atoms with van der Waals surface area (Å²) in [6.07, 6.45) is 0. The van der Waals surface area contributed by atoms with Crippen LogP contribution in [0.4, 0.5) is 0 Å². The summed E-state index contributed by atoms with van der Waals surface area (Å²) in [4.78, 5) is 11.1. The zero-order valence-corrected chi connectivity index (χ0v) is 8.42. The molecule has 13 heavy (non-hydrogen) atoms. The highest BCUT2D eigenvalue weighted by Crippen LogP contribution is 2.20. The standard InChI is InChI=1S/C8H6BrNO3/c1-2-12-8(11)7-5(4-10)3-6(9)13-7/h3H,2H2,1H3. The summed E-state index contributed by atoms with van der Waals surface area (Å²) in [5.74, 6) is -0.680. The van der Waals surface area contributed by atoms with Crippen LogP contribution in [0, 0.1) is 11.3 Å². The molecule has 0 aliphatic rings. The quantitative estimate of drug-likeness (QED) is 0.747. The number of esters is 1. The van der Waals surface area contributed by atoms with Gasteiger partial charge in [0, 0.05) is 6.07 Å². The Balaban J connectivity index is 3.00. The second-order valence-electron chi connectivity index (χ2n) is 2.13. The van der Waals surface area contributed by atoms with Crippen LogP contribution in [0.3, 0.4) is 0 Å². The Morgan fingerprint density at radius 3 is 3.08 bits per heavy atom. The minimum absolute atomic E-state index is 0.0591. The summed E-state index contributed by atoms with van der Waals surface area (Å²) in [6, 6.07) is 3.25. The van der Waals surface area contributed by atoms with Gasteiger partial charge < -0.3 is 9.15 Å². The van der Waals surface area contributed by atoms with Crippen LogP contribution >= 0.6 is 15.9 Å². The van der Waals surface area contributed by atoms with Crippen molar-refractivity contribution in [3.8, 4) is 6.07 Å². The van der Waals surface area contributed by atoms with Gasteiger partial charge >= 0.3 is 5.97 Å². The molecule has 1 aromatic rings. The van der Waals surface area contributed by atoms with Crippen molar-refractivity contribution in [1.82, 2.24) is 0 Å². The van der Waals surface area contributed by atoms with Gasteiger partial charge in [0.1, 0.15) is 11.6 Å². The van der Waals surface area contributed by atoms with Crippen LogP contribution in [0.5, 0.6) is 0 Å². The van der Waals surface area contributed by atoms with Crippen LogP contribution in [0.15, 0.2) is 15.2 Å². The molecule has 0 fully saturated rings. The first-order valence-electron chi connectivity index (χ1n) is 3.55. The molecule has 0 bridgehead atoms. The normalized spacial score (nSPS) is 9.31. The third-order valence-electron chi connectivity index (χ3n) is 1.28. The second kappa shape index (κ2) is 4.10. The summed E-state index contributed by atoms with van der Waals surface area (Å²) in [5, 5.41) is 8.61. The van der Waals surface area contributed by atoms with Crippen LogP contribution in [-0.4, -0.2) is 12.6 Å². The van der Waals surface area contributed by atoms with E-state index in [2.05, 4.69) is 20.7 Å². The number of hydrogen-bond acceptors (Lipinski definition) is 4. The largest absolute Gasteiger partial charge is 0.460 e. The molecular formula is C8H6BrNO3. The lowest BCUT2D eigenvalue weighted by molar-refractivity contribution is 0.0488. The molecule has 0 atom stereocenters. The van der Waals surface area contributed by atoms with Crippen molar-refractivity contribution in [3.05, 3.63) is 22.1 Å². The maximum Gasteiger partial charge on any atom is 0.375 e. The topological polar surface area (TPSA) is 63.2 Å². The zero-order valence-electron chi connectivity index (χ0n) is 6.83. The van der Waals surface area contributed by atoms with Gasteiger partial charge in [-0.15, -0.1) is 0 Å². The average molecular weight is 244 g/mol. The van der Waals surface area contributed by atoms with Gasteiger partial charge in [0.25, 0.3) is 0 Å². The van der Waals surface area contributed by atoms with Crippen molar-refractivity contribution in [2.45, 2.75) is 6.92 Å². The highest BCUT2D eigenvalue weighted by atomic mass is 79.9. The fourth-order valence-corrected chi connectivity index (χ4v) is 1.18. The van der Waals surface area contributed by atoms with Crippen molar-refractivity contribution in [2.75, 3.05) is 6.61 Å². The van der Waals surface area contributed by atoms with E-state index in [1.165, 1.54) is 6.07 Å². The van der Waals surface area contributed by atoms with E-state index in [1.54, 1.807) is 6.92 Å². The molecular weight excluding hydrogens is 238 g/mol. The van der Waals surface area contributed by atoms with Gasteiger partial charge in [-0.1, -0.05) is 0 Å². The molecule has 4 nitrogen and oxygen atoms in total. The maximum absolute atomic E-state index is 11.1. The lowest BCUT2D eigenvalue weighted by Gasteiger charge is -1.96. The van der Waals surface area contributed by atoms with E-state index >= 15 is 0 Å². The molecule has 1 heterocycles. The van der Waals surface area contributed by atoms with E-state index in [0.717, 1.165) is 0 Å². The predicted octanol–water partition coefficient (Wildman–Crippen LogP) is 2.09. The lowest BCUT2D eigenvalue weighted by Crippen LogP contribution is -2.04. The Labute approximate surface area is 83.2 Å². The third-order valence-corrected chi connectivity index (χ3v) is 1.67. The van der Waals surface area contributed by atoms with Gasteiger partial charge in [0.05, 0.1) is 6.61 Å². The summed E-state index contributed by atoms with van der Waals surface area (Å²) < 4.78 is 9.96. The monoisotopic (exact) mass is 243 g/mol. The molecule has 1 aromatic heterocycles. The van der Waals surface area contributed by atoms with E-state index in [9.17, 15) is 4.79 Å². The lowest BCUT2D eigenvalue weighted by atomic mass is 10.3. The van der Waals surface area contributed by atoms with Crippen LogP contribution in [0.25, 0.3) is 0 Å². The van der Waals surface area contributed by atoms with Crippen LogP contribution < -0.4 is 0 Å². The average Bonchev–Trinajstić information content (AvgIpc) is 2.47. The Bertz CT molecular complexity index is 364. The molecule has 0 saturated heterocycles. The number of rotatable bonds is 2. The molecule has 0 amide bonds. The van der Waals surface area contributed by atoms with Gasteiger partial charge in [0.2, 0.25) is 5.76 Å². The number of nitrogens with zero attached hydrogens (tertiary/aromatic N) is 1. The molecule has 0 unspecified atom stereocenters. The zero-order chi connectivity index (χ0) is 9.84. The van der Waals surface area contributed by atoms with Crippen LogP contribution in [-0.2, 0) is 4.74 Å². The smallest absolute Gasteiger partial charge is 0.375 e. The van der Waals surface area contributed by atoms with E-state index in [-0.39, 0.29) is 17.9 Å². The number of carbonyl (C=O) groups is 1. The first-order valence-corrected chi connectivity index (χ1v) is 4.35. The number of ether oxygens (including phenoxy) is 1. The van der Waals surface area contributed by atoms with Crippen LogP contribution in [0.1, 0.15) is 23.0 Å². The van der Waals surface area contributed by atoms with E-state index in [4.69, 9.17) is 9.68 Å². The second-order valence-corrected chi connectivity index (χ2v) is 2.91. The first kappa shape index (κ1) is 9.81. The summed E-state index contributed by atoms with van der Waals surface area (Å²) in [6.45, 7) is 1.93. The van der Waals surface area contributed by atoms with Gasteiger partial charge in [-0.3, -0.25) is 0 Å². The van der Waals surface area contributed by atoms with E-state index < -0.39 is 5.97 Å². The Morgan fingerprint density at radius 2 is 2.54 bits per heavy atom. The van der Waals surface area contributed by atoms with E-state index in [1.807, 2.05) is 6.07 Å². The van der Waals surface area contributed by atoms with Crippen molar-refractivity contribution >= 4 is 21.9 Å². The molecule has 0 N–H and O–H groups in total. The summed E-state index contributed by atoms with van der Waals surface area (Å²) in [7, 11) is 0. The number of carbonyl (C=O) groups excluding carboxylic acids is 1. The van der Waals surface area contributed by atoms with Crippen molar-refractivity contribution in [1.29, 1.82) is 5.26 Å². The Hall–Kier alpha value is -1.28. The molecule has 5 heteroatoms. The van der Waals surface area contributed by atoms with Crippen molar-refractivity contribution < 1.29 is 13.9 Å². The number of hydrogen-bond donors (Lipinski definition) is 0. The van der Waals surface area contributed by atoms with Crippen molar-refractivity contribution in [3.63, 3.8) is 0 Å². The number of furan rings is 1. The fourth-order valence-electron chi connectivity index (χ4n) is 0.792. The number of nitriles is 1. The third kappa shape index (κ3) is 2.10.